The molecule has 3 aliphatic heterocycles. The number of hydrogen-bond acceptors (Lipinski definition) is 5. The lowest BCUT2D eigenvalue weighted by Crippen LogP contribution is -2.59. The SMILES string of the molecule is CC(=O)N1CCC2(CC1)Oc1ccc(Cl)cc1C1CC(c3ccccc3O)=NN12. The van der Waals surface area contributed by atoms with Gasteiger partial charge in [-0.15, -0.1) is 0 Å². The molecule has 0 saturated carbocycles. The zero-order chi connectivity index (χ0) is 20.2. The van der Waals surface area contributed by atoms with Crippen LogP contribution in [-0.2, 0) is 4.79 Å². The lowest BCUT2D eigenvalue weighted by atomic mass is 9.90. The molecule has 29 heavy (non-hydrogen) atoms. The number of piperidine rings is 1. The highest BCUT2D eigenvalue weighted by molar-refractivity contribution is 6.30. The Balaban J connectivity index is 1.57. The van der Waals surface area contributed by atoms with Crippen molar-refractivity contribution in [2.24, 2.45) is 5.10 Å². The van der Waals surface area contributed by atoms with Crippen LogP contribution >= 0.6 is 11.6 Å². The van der Waals surface area contributed by atoms with E-state index in [2.05, 4.69) is 0 Å². The van der Waals surface area contributed by atoms with Crippen molar-refractivity contribution in [1.29, 1.82) is 0 Å². The van der Waals surface area contributed by atoms with E-state index >= 15 is 0 Å². The third kappa shape index (κ3) is 2.94. The summed E-state index contributed by atoms with van der Waals surface area (Å²) < 4.78 is 6.53. The van der Waals surface area contributed by atoms with E-state index < -0.39 is 5.72 Å². The third-order valence-electron chi connectivity index (χ3n) is 6.16. The van der Waals surface area contributed by atoms with Crippen LogP contribution in [0.25, 0.3) is 0 Å². The topological polar surface area (TPSA) is 65.4 Å². The van der Waals surface area contributed by atoms with Crippen molar-refractivity contribution in [3.8, 4) is 11.5 Å². The van der Waals surface area contributed by atoms with E-state index in [1.807, 2.05) is 40.2 Å². The molecule has 5 rings (SSSR count). The van der Waals surface area contributed by atoms with Crippen molar-refractivity contribution in [2.45, 2.75) is 38.0 Å². The van der Waals surface area contributed by atoms with Crippen molar-refractivity contribution < 1.29 is 14.6 Å². The highest BCUT2D eigenvalue weighted by atomic mass is 35.5. The first-order valence-corrected chi connectivity index (χ1v) is 10.2. The molecule has 0 bridgehead atoms. The zero-order valence-corrected chi connectivity index (χ0v) is 16.9. The van der Waals surface area contributed by atoms with Gasteiger partial charge in [-0.2, -0.15) is 5.10 Å². The average molecular weight is 412 g/mol. The molecule has 6 nitrogen and oxygen atoms in total. The molecule has 0 aromatic heterocycles. The number of hydrazone groups is 1. The zero-order valence-electron chi connectivity index (χ0n) is 16.1. The molecule has 1 saturated heterocycles. The summed E-state index contributed by atoms with van der Waals surface area (Å²) in [6.45, 7) is 2.86. The minimum Gasteiger partial charge on any atom is -0.507 e. The Hall–Kier alpha value is -2.73. The summed E-state index contributed by atoms with van der Waals surface area (Å²) >= 11 is 6.28. The van der Waals surface area contributed by atoms with Crippen LogP contribution in [0.15, 0.2) is 47.6 Å². The van der Waals surface area contributed by atoms with Crippen molar-refractivity contribution in [2.75, 3.05) is 13.1 Å². The van der Waals surface area contributed by atoms with Crippen molar-refractivity contribution in [3.05, 3.63) is 58.6 Å². The van der Waals surface area contributed by atoms with Crippen LogP contribution in [-0.4, -0.2) is 45.4 Å². The van der Waals surface area contributed by atoms with Gasteiger partial charge in [-0.25, -0.2) is 5.01 Å². The maximum absolute atomic E-state index is 11.8. The highest BCUT2D eigenvalue weighted by Crippen LogP contribution is 2.50. The second kappa shape index (κ2) is 6.66. The van der Waals surface area contributed by atoms with Crippen molar-refractivity contribution in [3.63, 3.8) is 0 Å². The monoisotopic (exact) mass is 411 g/mol. The molecule has 1 fully saturated rings. The lowest BCUT2D eigenvalue weighted by molar-refractivity contribution is -0.158. The minimum atomic E-state index is -0.608. The first kappa shape index (κ1) is 18.3. The number of amides is 1. The molecule has 1 N–H and O–H groups in total. The Bertz CT molecular complexity index is 1010. The van der Waals surface area contributed by atoms with E-state index in [1.54, 1.807) is 19.1 Å². The first-order valence-electron chi connectivity index (χ1n) is 9.86. The first-order chi connectivity index (χ1) is 14.0. The van der Waals surface area contributed by atoms with E-state index in [0.29, 0.717) is 37.4 Å². The molecule has 1 amide bonds. The average Bonchev–Trinajstić information content (AvgIpc) is 3.16. The predicted octanol–water partition coefficient (Wildman–Crippen LogP) is 3.93. The largest absolute Gasteiger partial charge is 0.507 e. The fourth-order valence-electron chi connectivity index (χ4n) is 4.63. The number of fused-ring (bicyclic) bond motifs is 4. The third-order valence-corrected chi connectivity index (χ3v) is 6.40. The number of hydrogen-bond donors (Lipinski definition) is 1. The molecular formula is C22H22ClN3O3. The summed E-state index contributed by atoms with van der Waals surface area (Å²) in [5, 5.41) is 18.0. The number of phenols is 1. The molecule has 150 valence electrons. The van der Waals surface area contributed by atoms with E-state index in [1.165, 1.54) is 0 Å². The molecule has 1 unspecified atom stereocenters. The number of phenolic OH excluding ortho intramolecular Hbond substituents is 1. The number of rotatable bonds is 1. The molecule has 3 aliphatic rings. The second-order valence-electron chi connectivity index (χ2n) is 7.86. The molecule has 3 heterocycles. The molecular weight excluding hydrogens is 390 g/mol. The van der Waals surface area contributed by atoms with E-state index in [9.17, 15) is 9.90 Å². The van der Waals surface area contributed by atoms with E-state index in [0.717, 1.165) is 22.6 Å². The summed E-state index contributed by atoms with van der Waals surface area (Å²) in [6.07, 6.45) is 2.00. The number of ether oxygens (including phenoxy) is 1. The number of nitrogens with zero attached hydrogens (tertiary/aromatic N) is 3. The Morgan fingerprint density at radius 3 is 2.72 bits per heavy atom. The molecule has 0 radical (unpaired) electrons. The summed E-state index contributed by atoms with van der Waals surface area (Å²) in [6, 6.07) is 13.0. The molecule has 2 aromatic carbocycles. The van der Waals surface area contributed by atoms with Crippen LogP contribution in [0, 0.1) is 0 Å². The van der Waals surface area contributed by atoms with Gasteiger partial charge in [0.2, 0.25) is 11.6 Å². The Labute approximate surface area is 174 Å². The van der Waals surface area contributed by atoms with Gasteiger partial charge >= 0.3 is 0 Å². The smallest absolute Gasteiger partial charge is 0.219 e. The van der Waals surface area contributed by atoms with Crippen LogP contribution in [0.1, 0.15) is 43.4 Å². The number of aromatic hydroxyl groups is 1. The predicted molar refractivity (Wildman–Crippen MR) is 110 cm³/mol. The Morgan fingerprint density at radius 2 is 2.00 bits per heavy atom. The normalized spacial score (nSPS) is 22.0. The standard InChI is InChI=1S/C22H22ClN3O3/c1-14(27)25-10-8-22(9-11-25)26-19(17-12-15(23)6-7-21(17)29-22)13-18(24-26)16-4-2-3-5-20(16)28/h2-7,12,19,28H,8-11,13H2,1H3. The van der Waals surface area contributed by atoms with Gasteiger partial charge in [0, 0.05) is 55.4 Å². The quantitative estimate of drug-likeness (QED) is 0.772. The molecule has 7 heteroatoms. The lowest BCUT2D eigenvalue weighted by Gasteiger charge is -2.51. The van der Waals surface area contributed by atoms with Crippen molar-refractivity contribution in [1.82, 2.24) is 9.91 Å². The number of carbonyl (C=O) groups excluding carboxylic acids is 1. The minimum absolute atomic E-state index is 0.0177. The van der Waals surface area contributed by atoms with Crippen LogP contribution in [0.3, 0.4) is 0 Å². The van der Waals surface area contributed by atoms with Gasteiger partial charge in [0.15, 0.2) is 0 Å². The molecule has 1 spiro atoms. The summed E-state index contributed by atoms with van der Waals surface area (Å²) in [7, 11) is 0. The fourth-order valence-corrected chi connectivity index (χ4v) is 4.82. The van der Waals surface area contributed by atoms with Gasteiger partial charge in [0.1, 0.15) is 11.5 Å². The molecule has 1 atom stereocenters. The van der Waals surface area contributed by atoms with Crippen LogP contribution in [0.5, 0.6) is 11.5 Å². The van der Waals surface area contributed by atoms with Gasteiger partial charge in [-0.1, -0.05) is 23.7 Å². The van der Waals surface area contributed by atoms with Crippen LogP contribution < -0.4 is 4.74 Å². The highest BCUT2D eigenvalue weighted by Gasteiger charge is 2.52. The van der Waals surface area contributed by atoms with Gasteiger partial charge in [-0.05, 0) is 30.3 Å². The second-order valence-corrected chi connectivity index (χ2v) is 8.30. The van der Waals surface area contributed by atoms with Gasteiger partial charge in [-0.3, -0.25) is 4.79 Å². The van der Waals surface area contributed by atoms with Gasteiger partial charge in [0.05, 0.1) is 11.8 Å². The van der Waals surface area contributed by atoms with E-state index in [4.69, 9.17) is 21.4 Å². The number of likely N-dealkylation sites (tertiary alicyclic amines) is 1. The van der Waals surface area contributed by atoms with Crippen LogP contribution in [0.4, 0.5) is 0 Å². The number of benzene rings is 2. The van der Waals surface area contributed by atoms with Gasteiger partial charge < -0.3 is 14.7 Å². The summed E-state index contributed by atoms with van der Waals surface area (Å²) in [5.74, 6) is 1.12. The maximum Gasteiger partial charge on any atom is 0.219 e. The number of para-hydroxylation sites is 1. The molecule has 0 aliphatic carbocycles. The number of carbonyl (C=O) groups is 1. The number of halogens is 1. The summed E-state index contributed by atoms with van der Waals surface area (Å²) in [5.41, 5.74) is 1.97. The molecule has 2 aromatic rings. The maximum atomic E-state index is 11.8. The van der Waals surface area contributed by atoms with Gasteiger partial charge in [0.25, 0.3) is 0 Å². The summed E-state index contributed by atoms with van der Waals surface area (Å²) in [4.78, 5) is 13.7. The van der Waals surface area contributed by atoms with Crippen LogP contribution in [0.2, 0.25) is 5.02 Å². The Morgan fingerprint density at radius 1 is 1.24 bits per heavy atom. The van der Waals surface area contributed by atoms with Crippen molar-refractivity contribution >= 4 is 23.2 Å². The van der Waals surface area contributed by atoms with E-state index in [-0.39, 0.29) is 17.7 Å². The Kier molecular flexibility index (Phi) is 4.21. The fraction of sp³-hybridized carbons (Fsp3) is 0.364.